The molecule has 0 aromatic rings. The van der Waals surface area contributed by atoms with Crippen LogP contribution in [0, 0.1) is 0 Å². The molecule has 2 nitrogen and oxygen atoms in total. The molecule has 0 amide bonds. The highest BCUT2D eigenvalue weighted by molar-refractivity contribution is 6.58. The van der Waals surface area contributed by atoms with Crippen LogP contribution in [0.3, 0.4) is 0 Å². The summed E-state index contributed by atoms with van der Waals surface area (Å²) in [6, 6.07) is 0. The molecule has 0 saturated heterocycles. The molecule has 0 bridgehead atoms. The molecule has 0 saturated carbocycles. The first-order valence-electron chi connectivity index (χ1n) is 4.86. The molecule has 1 aliphatic rings. The summed E-state index contributed by atoms with van der Waals surface area (Å²) >= 11 is 0. The van der Waals surface area contributed by atoms with Gasteiger partial charge in [0, 0.05) is 20.3 Å². The lowest BCUT2D eigenvalue weighted by Crippen LogP contribution is -2.10. The van der Waals surface area contributed by atoms with Crippen molar-refractivity contribution in [2.24, 2.45) is 4.90 Å². The van der Waals surface area contributed by atoms with E-state index in [0.717, 1.165) is 11.9 Å². The number of allylic oxidation sites excluding steroid dienone is 4. The van der Waals surface area contributed by atoms with E-state index in [2.05, 4.69) is 18.3 Å². The van der Waals surface area contributed by atoms with Crippen LogP contribution in [0.4, 0.5) is 0 Å². The van der Waals surface area contributed by atoms with Gasteiger partial charge in [0.15, 0.2) is 0 Å². The number of hydrogen-bond acceptors (Lipinski definition) is 2. The van der Waals surface area contributed by atoms with Gasteiger partial charge >= 0.3 is 0 Å². The number of nitrogens with zero attached hydrogens (tertiary/aromatic N) is 2. The van der Waals surface area contributed by atoms with Gasteiger partial charge < -0.3 is 9.80 Å². The van der Waals surface area contributed by atoms with Gasteiger partial charge in [0.05, 0.1) is 0 Å². The molecule has 1 rings (SSSR count). The first-order chi connectivity index (χ1) is 6.59. The Morgan fingerprint density at radius 3 is 2.93 bits per heavy atom. The first-order valence-corrected chi connectivity index (χ1v) is 4.86. The van der Waals surface area contributed by atoms with E-state index in [0.29, 0.717) is 6.85 Å². The van der Waals surface area contributed by atoms with Gasteiger partial charge in [-0.2, -0.15) is 0 Å². The minimum Gasteiger partial charge on any atom is -0.383 e. The molecule has 1 aliphatic heterocycles. The van der Waals surface area contributed by atoms with Crippen LogP contribution in [0.5, 0.6) is 0 Å². The number of rotatable bonds is 3. The van der Waals surface area contributed by atoms with Crippen LogP contribution in [-0.2, 0) is 0 Å². The molecule has 0 aromatic carbocycles. The topological polar surface area (TPSA) is 15.6 Å². The molecule has 74 valence electrons. The van der Waals surface area contributed by atoms with E-state index in [1.807, 2.05) is 43.6 Å². The molecule has 14 heavy (non-hydrogen) atoms. The smallest absolute Gasteiger partial charge is 0.280 e. The van der Waals surface area contributed by atoms with E-state index in [-0.39, 0.29) is 0 Å². The van der Waals surface area contributed by atoms with E-state index >= 15 is 0 Å². The molecular formula is C11H17BN2. The SMILES string of the molecule is C=C(C=CN(C)C)C1=CC=NB(C)C1. The minimum atomic E-state index is 0.388. The standard InChI is InChI=1S/C11H17BN2/c1-10(6-8-14(3)4)11-5-7-13-12(2)9-11/h5-8H,1,9H2,2-4H3. The van der Waals surface area contributed by atoms with E-state index < -0.39 is 0 Å². The van der Waals surface area contributed by atoms with Gasteiger partial charge in [0.1, 0.15) is 0 Å². The van der Waals surface area contributed by atoms with Crippen molar-refractivity contribution in [3.05, 3.63) is 36.1 Å². The minimum absolute atomic E-state index is 0.388. The van der Waals surface area contributed by atoms with Crippen molar-refractivity contribution < 1.29 is 0 Å². The first kappa shape index (κ1) is 10.8. The second kappa shape index (κ2) is 4.84. The fraction of sp³-hybridized carbons (Fsp3) is 0.364. The summed E-state index contributed by atoms with van der Waals surface area (Å²) in [5.74, 6) is 0. The van der Waals surface area contributed by atoms with Crippen LogP contribution >= 0.6 is 0 Å². The van der Waals surface area contributed by atoms with E-state index in [1.165, 1.54) is 5.57 Å². The molecule has 0 radical (unpaired) electrons. The largest absolute Gasteiger partial charge is 0.383 e. The lowest BCUT2D eigenvalue weighted by molar-refractivity contribution is 0.563. The predicted molar refractivity (Wildman–Crippen MR) is 65.0 cm³/mol. The van der Waals surface area contributed by atoms with E-state index in [9.17, 15) is 0 Å². The summed E-state index contributed by atoms with van der Waals surface area (Å²) in [5, 5.41) is 0. The zero-order valence-corrected chi connectivity index (χ0v) is 9.20. The second-order valence-corrected chi connectivity index (χ2v) is 3.85. The highest BCUT2D eigenvalue weighted by Crippen LogP contribution is 2.19. The lowest BCUT2D eigenvalue weighted by Gasteiger charge is -2.12. The Kier molecular flexibility index (Phi) is 3.75. The van der Waals surface area contributed by atoms with Crippen molar-refractivity contribution in [2.45, 2.75) is 13.1 Å². The Morgan fingerprint density at radius 1 is 1.64 bits per heavy atom. The molecule has 1 heterocycles. The fourth-order valence-electron chi connectivity index (χ4n) is 1.30. The molecule has 0 unspecified atom stereocenters. The third-order valence-corrected chi connectivity index (χ3v) is 2.12. The molecular weight excluding hydrogens is 171 g/mol. The van der Waals surface area contributed by atoms with Crippen LogP contribution in [0.1, 0.15) is 0 Å². The summed E-state index contributed by atoms with van der Waals surface area (Å²) in [6.07, 6.45) is 8.96. The second-order valence-electron chi connectivity index (χ2n) is 3.85. The van der Waals surface area contributed by atoms with Gasteiger partial charge in [0.25, 0.3) is 6.85 Å². The van der Waals surface area contributed by atoms with Gasteiger partial charge in [-0.3, -0.25) is 0 Å². The van der Waals surface area contributed by atoms with Crippen LogP contribution < -0.4 is 0 Å². The highest BCUT2D eigenvalue weighted by Gasteiger charge is 2.12. The summed E-state index contributed by atoms with van der Waals surface area (Å²) in [4.78, 5) is 6.29. The van der Waals surface area contributed by atoms with Crippen molar-refractivity contribution >= 4 is 13.1 Å². The van der Waals surface area contributed by atoms with Gasteiger partial charge in [-0.05, 0) is 35.8 Å². The molecule has 0 atom stereocenters. The summed E-state index contributed by atoms with van der Waals surface area (Å²) < 4.78 is 0. The molecule has 0 aliphatic carbocycles. The Balaban J connectivity index is 2.62. The van der Waals surface area contributed by atoms with E-state index in [4.69, 9.17) is 0 Å². The summed E-state index contributed by atoms with van der Waals surface area (Å²) in [6.45, 7) is 6.55. The fourth-order valence-corrected chi connectivity index (χ4v) is 1.30. The molecule has 0 spiro atoms. The Morgan fingerprint density at radius 2 is 2.36 bits per heavy atom. The maximum Gasteiger partial charge on any atom is 0.280 e. The number of hydrogen-bond donors (Lipinski definition) is 0. The molecule has 3 heteroatoms. The average molecular weight is 188 g/mol. The Hall–Kier alpha value is -1.25. The maximum absolute atomic E-state index is 4.28. The molecule has 0 aromatic heterocycles. The predicted octanol–water partition coefficient (Wildman–Crippen LogP) is 2.25. The van der Waals surface area contributed by atoms with Crippen LogP contribution in [0.25, 0.3) is 0 Å². The summed E-state index contributed by atoms with van der Waals surface area (Å²) in [5.41, 5.74) is 2.36. The monoisotopic (exact) mass is 188 g/mol. The van der Waals surface area contributed by atoms with Crippen LogP contribution in [0.15, 0.2) is 41.0 Å². The maximum atomic E-state index is 4.28. The van der Waals surface area contributed by atoms with E-state index in [1.54, 1.807) is 0 Å². The summed E-state index contributed by atoms with van der Waals surface area (Å²) in [7, 11) is 4.01. The molecule has 0 N–H and O–H groups in total. The zero-order valence-electron chi connectivity index (χ0n) is 9.20. The molecule has 0 fully saturated rings. The Labute approximate surface area is 86.8 Å². The quantitative estimate of drug-likeness (QED) is 0.489. The van der Waals surface area contributed by atoms with Crippen LogP contribution in [-0.4, -0.2) is 32.1 Å². The third kappa shape index (κ3) is 3.25. The van der Waals surface area contributed by atoms with Crippen molar-refractivity contribution in [1.82, 2.24) is 4.90 Å². The van der Waals surface area contributed by atoms with Crippen molar-refractivity contribution in [1.29, 1.82) is 0 Å². The highest BCUT2D eigenvalue weighted by atomic mass is 15.0. The van der Waals surface area contributed by atoms with Crippen LogP contribution in [0.2, 0.25) is 13.1 Å². The van der Waals surface area contributed by atoms with Crippen molar-refractivity contribution in [3.8, 4) is 0 Å². The zero-order chi connectivity index (χ0) is 10.6. The Bertz CT molecular complexity index is 300. The average Bonchev–Trinajstić information content (AvgIpc) is 2.14. The third-order valence-electron chi connectivity index (χ3n) is 2.12. The van der Waals surface area contributed by atoms with Gasteiger partial charge in [-0.15, -0.1) is 0 Å². The van der Waals surface area contributed by atoms with Crippen molar-refractivity contribution in [2.75, 3.05) is 14.1 Å². The normalized spacial score (nSPS) is 15.9. The lowest BCUT2D eigenvalue weighted by atomic mass is 9.59. The van der Waals surface area contributed by atoms with Gasteiger partial charge in [-0.25, -0.2) is 0 Å². The van der Waals surface area contributed by atoms with Gasteiger partial charge in [0.2, 0.25) is 0 Å². The van der Waals surface area contributed by atoms with Gasteiger partial charge in [-0.1, -0.05) is 13.4 Å². The van der Waals surface area contributed by atoms with Crippen molar-refractivity contribution in [3.63, 3.8) is 0 Å².